The summed E-state index contributed by atoms with van der Waals surface area (Å²) >= 11 is 1.15. The van der Waals surface area contributed by atoms with Gasteiger partial charge in [0.25, 0.3) is 10.0 Å². The van der Waals surface area contributed by atoms with Crippen LogP contribution in [0.1, 0.15) is 37.7 Å². The number of fused-ring (bicyclic) bond motifs is 1. The summed E-state index contributed by atoms with van der Waals surface area (Å²) in [6, 6.07) is 8.31. The highest BCUT2D eigenvalue weighted by atomic mass is 32.2. The number of thiophene rings is 1. The largest absolute Gasteiger partial charge is 0.348 e. The molecule has 0 atom stereocenters. The molecule has 1 aromatic carbocycles. The maximum atomic E-state index is 13.1. The zero-order valence-electron chi connectivity index (χ0n) is 20.3. The molecule has 2 aromatic rings. The van der Waals surface area contributed by atoms with Crippen LogP contribution in [0.25, 0.3) is 0 Å². The van der Waals surface area contributed by atoms with E-state index in [0.717, 1.165) is 36.2 Å². The molecule has 1 aliphatic carbocycles. The van der Waals surface area contributed by atoms with E-state index in [0.29, 0.717) is 56.8 Å². The van der Waals surface area contributed by atoms with E-state index in [2.05, 4.69) is 10.6 Å². The molecule has 0 unspecified atom stereocenters. The lowest BCUT2D eigenvalue weighted by atomic mass is 9.98. The zero-order valence-corrected chi connectivity index (χ0v) is 22.7. The predicted octanol–water partition coefficient (Wildman–Crippen LogP) is 2.15. The minimum atomic E-state index is -3.71. The summed E-state index contributed by atoms with van der Waals surface area (Å²) in [5.74, 6) is -1.52. The molecule has 3 aliphatic rings. The van der Waals surface area contributed by atoms with Crippen molar-refractivity contribution in [1.29, 1.82) is 0 Å². The van der Waals surface area contributed by atoms with Crippen LogP contribution in [-0.2, 0) is 36.1 Å². The van der Waals surface area contributed by atoms with Gasteiger partial charge in [0.2, 0.25) is 10.0 Å². The Morgan fingerprint density at radius 1 is 0.973 bits per heavy atom. The number of hydrogen-bond donors (Lipinski definition) is 2. The van der Waals surface area contributed by atoms with Gasteiger partial charge in [0, 0.05) is 31.9 Å². The standard InChI is InChI=1S/C24H30N4O6S3/c29-23(25-16-17-9-12-27(13-10-17)36(31,32)20-7-8-20)24(30)26-19-6-5-18-3-1-11-28(21(18)15-19)37(33,34)22-4-2-14-35-22/h2,4-6,14-15,17,20H,1,3,7-13,16H2,(H,25,29)(H,26,30). The Labute approximate surface area is 221 Å². The molecule has 0 radical (unpaired) electrons. The molecule has 2 N–H and O–H groups in total. The first kappa shape index (κ1) is 26.1. The molecule has 0 bridgehead atoms. The first-order valence-electron chi connectivity index (χ1n) is 12.4. The first-order chi connectivity index (χ1) is 17.7. The highest BCUT2D eigenvalue weighted by molar-refractivity contribution is 7.94. The van der Waals surface area contributed by atoms with Crippen molar-refractivity contribution in [1.82, 2.24) is 9.62 Å². The smallest absolute Gasteiger partial charge is 0.313 e. The summed E-state index contributed by atoms with van der Waals surface area (Å²) in [6.45, 7) is 1.50. The number of aryl methyl sites for hydroxylation is 1. The molecular weight excluding hydrogens is 536 g/mol. The van der Waals surface area contributed by atoms with Crippen molar-refractivity contribution in [2.24, 2.45) is 5.92 Å². The molecule has 5 rings (SSSR count). The molecule has 3 heterocycles. The Bertz CT molecular complexity index is 1380. The van der Waals surface area contributed by atoms with Crippen molar-refractivity contribution in [3.8, 4) is 0 Å². The van der Waals surface area contributed by atoms with Crippen molar-refractivity contribution in [3.05, 3.63) is 41.3 Å². The predicted molar refractivity (Wildman–Crippen MR) is 141 cm³/mol. The lowest BCUT2D eigenvalue weighted by Gasteiger charge is -2.31. The minimum absolute atomic E-state index is 0.0992. The average Bonchev–Trinajstić information content (AvgIpc) is 3.61. The number of sulfonamides is 2. The summed E-state index contributed by atoms with van der Waals surface area (Å²) in [5.41, 5.74) is 1.71. The van der Waals surface area contributed by atoms with E-state index in [1.165, 1.54) is 4.31 Å². The number of carbonyl (C=O) groups is 2. The van der Waals surface area contributed by atoms with Gasteiger partial charge in [-0.25, -0.2) is 21.1 Å². The summed E-state index contributed by atoms with van der Waals surface area (Å²) in [7, 11) is -6.89. The van der Waals surface area contributed by atoms with E-state index in [1.54, 1.807) is 40.0 Å². The lowest BCUT2D eigenvalue weighted by Crippen LogP contribution is -2.44. The summed E-state index contributed by atoms with van der Waals surface area (Å²) < 4.78 is 54.2. The Balaban J connectivity index is 1.17. The monoisotopic (exact) mass is 566 g/mol. The van der Waals surface area contributed by atoms with Gasteiger partial charge >= 0.3 is 11.8 Å². The fourth-order valence-corrected chi connectivity index (χ4v) is 9.35. The van der Waals surface area contributed by atoms with Crippen LogP contribution in [0.2, 0.25) is 0 Å². The van der Waals surface area contributed by atoms with Gasteiger partial charge in [-0.2, -0.15) is 0 Å². The van der Waals surface area contributed by atoms with Crippen molar-refractivity contribution in [2.75, 3.05) is 35.8 Å². The van der Waals surface area contributed by atoms with E-state index >= 15 is 0 Å². The van der Waals surface area contributed by atoms with E-state index in [9.17, 15) is 26.4 Å². The topological polar surface area (TPSA) is 133 Å². The maximum absolute atomic E-state index is 13.1. The van der Waals surface area contributed by atoms with Crippen LogP contribution in [-0.4, -0.2) is 64.4 Å². The number of nitrogens with one attached hydrogen (secondary N) is 2. The quantitative estimate of drug-likeness (QED) is 0.494. The van der Waals surface area contributed by atoms with Gasteiger partial charge in [0.05, 0.1) is 10.9 Å². The second kappa shape index (κ2) is 10.4. The first-order valence-corrected chi connectivity index (χ1v) is 16.3. The normalized spacial score (nSPS) is 19.3. The van der Waals surface area contributed by atoms with Crippen LogP contribution >= 0.6 is 11.3 Å². The Hall–Kier alpha value is -2.48. The molecule has 10 nitrogen and oxygen atoms in total. The van der Waals surface area contributed by atoms with Crippen molar-refractivity contribution in [2.45, 2.75) is 48.0 Å². The molecule has 37 heavy (non-hydrogen) atoms. The van der Waals surface area contributed by atoms with Crippen LogP contribution in [0.5, 0.6) is 0 Å². The Kier molecular flexibility index (Phi) is 7.31. The van der Waals surface area contributed by atoms with Crippen molar-refractivity contribution < 1.29 is 26.4 Å². The fourth-order valence-electron chi connectivity index (χ4n) is 4.84. The summed E-state index contributed by atoms with van der Waals surface area (Å²) in [5, 5.41) is 6.72. The van der Waals surface area contributed by atoms with Gasteiger partial charge in [-0.15, -0.1) is 11.3 Å². The number of carbonyl (C=O) groups excluding carboxylic acids is 2. The van der Waals surface area contributed by atoms with Crippen LogP contribution in [0.4, 0.5) is 11.4 Å². The third-order valence-corrected chi connectivity index (χ3v) is 12.7. The number of piperidine rings is 1. The molecule has 0 spiro atoms. The zero-order chi connectivity index (χ0) is 26.2. The molecule has 2 fully saturated rings. The molecule has 13 heteroatoms. The number of benzene rings is 1. The van der Waals surface area contributed by atoms with Crippen molar-refractivity contribution in [3.63, 3.8) is 0 Å². The van der Waals surface area contributed by atoms with Gasteiger partial charge in [0.15, 0.2) is 0 Å². The minimum Gasteiger partial charge on any atom is -0.348 e. The van der Waals surface area contributed by atoms with Gasteiger partial charge in [0.1, 0.15) is 4.21 Å². The number of anilines is 2. The summed E-state index contributed by atoms with van der Waals surface area (Å²) in [4.78, 5) is 25.0. The summed E-state index contributed by atoms with van der Waals surface area (Å²) in [6.07, 6.45) is 4.15. The fraction of sp³-hybridized carbons (Fsp3) is 0.500. The molecule has 2 amide bonds. The van der Waals surface area contributed by atoms with Gasteiger partial charge in [-0.05, 0) is 73.6 Å². The van der Waals surface area contributed by atoms with Crippen LogP contribution < -0.4 is 14.9 Å². The van der Waals surface area contributed by atoms with Gasteiger partial charge in [-0.1, -0.05) is 12.1 Å². The van der Waals surface area contributed by atoms with Gasteiger partial charge < -0.3 is 10.6 Å². The Morgan fingerprint density at radius 3 is 2.41 bits per heavy atom. The molecule has 1 aromatic heterocycles. The number of nitrogens with zero attached hydrogens (tertiary/aromatic N) is 2. The van der Waals surface area contributed by atoms with Crippen LogP contribution in [0, 0.1) is 5.92 Å². The van der Waals surface area contributed by atoms with Crippen molar-refractivity contribution >= 4 is 54.6 Å². The average molecular weight is 567 g/mol. The Morgan fingerprint density at radius 2 is 1.73 bits per heavy atom. The maximum Gasteiger partial charge on any atom is 0.313 e. The molecule has 1 saturated carbocycles. The van der Waals surface area contributed by atoms with E-state index < -0.39 is 31.9 Å². The van der Waals surface area contributed by atoms with Crippen LogP contribution in [0.15, 0.2) is 39.9 Å². The van der Waals surface area contributed by atoms with Gasteiger partial charge in [-0.3, -0.25) is 13.9 Å². The van der Waals surface area contributed by atoms with Crippen LogP contribution in [0.3, 0.4) is 0 Å². The second-order valence-electron chi connectivity index (χ2n) is 9.71. The van der Waals surface area contributed by atoms with E-state index in [4.69, 9.17) is 0 Å². The molecule has 200 valence electrons. The number of amides is 2. The SMILES string of the molecule is O=C(NCC1CCN(S(=O)(=O)C2CC2)CC1)C(=O)Nc1ccc2c(c1)N(S(=O)(=O)c1cccs1)CCC2. The third kappa shape index (κ3) is 5.54. The molecular formula is C24H30N4O6S3. The van der Waals surface area contributed by atoms with E-state index in [1.807, 2.05) is 0 Å². The number of hydrogen-bond acceptors (Lipinski definition) is 7. The van der Waals surface area contributed by atoms with E-state index in [-0.39, 0.29) is 15.4 Å². The molecule has 1 saturated heterocycles. The lowest BCUT2D eigenvalue weighted by molar-refractivity contribution is -0.136. The second-order valence-corrected chi connectivity index (χ2v) is 15.0. The number of rotatable bonds is 7. The highest BCUT2D eigenvalue weighted by Gasteiger charge is 2.41. The highest BCUT2D eigenvalue weighted by Crippen LogP contribution is 2.35. The molecule has 2 aliphatic heterocycles. The third-order valence-electron chi connectivity index (χ3n) is 7.10.